The van der Waals surface area contributed by atoms with E-state index in [2.05, 4.69) is 5.32 Å². The van der Waals surface area contributed by atoms with E-state index >= 15 is 0 Å². The summed E-state index contributed by atoms with van der Waals surface area (Å²) in [4.78, 5) is 0. The lowest BCUT2D eigenvalue weighted by Gasteiger charge is -2.29. The fraction of sp³-hybridized carbons (Fsp3) is 0.200. The van der Waals surface area contributed by atoms with E-state index in [-0.39, 0.29) is 17.9 Å². The number of anilines is 1. The highest BCUT2D eigenvalue weighted by molar-refractivity contribution is 5.58. The second-order valence-electron chi connectivity index (χ2n) is 4.71. The van der Waals surface area contributed by atoms with Gasteiger partial charge >= 0.3 is 6.18 Å². The molecule has 1 heterocycles. The summed E-state index contributed by atoms with van der Waals surface area (Å²) in [6.45, 7) is 0.186. The van der Waals surface area contributed by atoms with Crippen LogP contribution in [0.25, 0.3) is 0 Å². The Hall–Kier alpha value is -2.24. The van der Waals surface area contributed by atoms with Gasteiger partial charge in [-0.15, -0.1) is 0 Å². The molecule has 0 radical (unpaired) electrons. The van der Waals surface area contributed by atoms with Gasteiger partial charge in [0.05, 0.1) is 17.8 Å². The van der Waals surface area contributed by atoms with E-state index in [0.29, 0.717) is 5.69 Å². The smallest absolute Gasteiger partial charge is 0.416 e. The zero-order chi connectivity index (χ0) is 15.0. The minimum Gasteiger partial charge on any atom is -0.482 e. The topological polar surface area (TPSA) is 21.3 Å². The van der Waals surface area contributed by atoms with E-state index in [4.69, 9.17) is 4.74 Å². The zero-order valence-electron chi connectivity index (χ0n) is 10.7. The van der Waals surface area contributed by atoms with Crippen molar-refractivity contribution < 1.29 is 22.3 Å². The van der Waals surface area contributed by atoms with Crippen molar-refractivity contribution in [2.45, 2.75) is 12.3 Å². The lowest BCUT2D eigenvalue weighted by molar-refractivity contribution is -0.139. The molecule has 1 aliphatic rings. The van der Waals surface area contributed by atoms with Crippen molar-refractivity contribution >= 4 is 5.69 Å². The molecular formula is C15H11F4NO. The average Bonchev–Trinajstić information content (AvgIpc) is 2.45. The molecule has 2 aromatic rings. The summed E-state index contributed by atoms with van der Waals surface area (Å²) in [5.74, 6) is -0.288. The molecule has 3 rings (SSSR count). The van der Waals surface area contributed by atoms with Gasteiger partial charge in [0.15, 0.2) is 0 Å². The lowest BCUT2D eigenvalue weighted by atomic mass is 10.0. The van der Waals surface area contributed by atoms with Crippen LogP contribution in [0.15, 0.2) is 42.5 Å². The molecule has 0 amide bonds. The molecular weight excluding hydrogens is 286 g/mol. The maximum absolute atomic E-state index is 13.2. The van der Waals surface area contributed by atoms with Gasteiger partial charge in [-0.2, -0.15) is 13.2 Å². The highest BCUT2D eigenvalue weighted by Crippen LogP contribution is 2.39. The molecule has 0 saturated heterocycles. The van der Waals surface area contributed by atoms with E-state index in [1.165, 1.54) is 30.3 Å². The Morgan fingerprint density at radius 2 is 1.86 bits per heavy atom. The van der Waals surface area contributed by atoms with Gasteiger partial charge < -0.3 is 10.1 Å². The molecule has 0 aromatic heterocycles. The van der Waals surface area contributed by atoms with Crippen molar-refractivity contribution in [2.24, 2.45) is 0 Å². The average molecular weight is 297 g/mol. The van der Waals surface area contributed by atoms with Crippen molar-refractivity contribution in [3.05, 3.63) is 59.4 Å². The first-order valence-electron chi connectivity index (χ1n) is 6.31. The fourth-order valence-electron chi connectivity index (χ4n) is 2.35. The van der Waals surface area contributed by atoms with Crippen LogP contribution in [0, 0.1) is 5.82 Å². The van der Waals surface area contributed by atoms with E-state index < -0.39 is 23.7 Å². The third-order valence-corrected chi connectivity index (χ3v) is 3.30. The zero-order valence-corrected chi connectivity index (χ0v) is 10.7. The Labute approximate surface area is 118 Å². The van der Waals surface area contributed by atoms with Gasteiger partial charge in [-0.05, 0) is 18.2 Å². The fourth-order valence-corrected chi connectivity index (χ4v) is 2.35. The molecule has 1 N–H and O–H groups in total. The molecule has 2 aromatic carbocycles. The number of ether oxygens (including phenoxy) is 1. The van der Waals surface area contributed by atoms with E-state index in [9.17, 15) is 17.6 Å². The van der Waals surface area contributed by atoms with Crippen LogP contribution in [-0.4, -0.2) is 6.54 Å². The summed E-state index contributed by atoms with van der Waals surface area (Å²) in [7, 11) is 0. The Morgan fingerprint density at radius 3 is 2.62 bits per heavy atom. The third kappa shape index (κ3) is 2.66. The largest absolute Gasteiger partial charge is 0.482 e. The first-order chi connectivity index (χ1) is 9.95. The van der Waals surface area contributed by atoms with Crippen LogP contribution >= 0.6 is 0 Å². The van der Waals surface area contributed by atoms with Gasteiger partial charge in [0.1, 0.15) is 17.7 Å². The molecule has 1 atom stereocenters. The van der Waals surface area contributed by atoms with Gasteiger partial charge in [0.25, 0.3) is 0 Å². The van der Waals surface area contributed by atoms with Gasteiger partial charge in [-0.25, -0.2) is 4.39 Å². The standard InChI is InChI=1S/C15H11F4NO/c16-9-5-6-12-13(7-9)21-14(8-20-12)10-3-1-2-4-11(10)15(17,18)19/h1-7,14,20H,8H2. The second kappa shape index (κ2) is 4.95. The summed E-state index contributed by atoms with van der Waals surface area (Å²) >= 11 is 0. The lowest BCUT2D eigenvalue weighted by Crippen LogP contribution is -2.26. The third-order valence-electron chi connectivity index (χ3n) is 3.30. The predicted molar refractivity (Wildman–Crippen MR) is 69.7 cm³/mol. The SMILES string of the molecule is Fc1ccc2c(c1)OC(c1ccccc1C(F)(F)F)CN2. The van der Waals surface area contributed by atoms with Crippen LogP contribution < -0.4 is 10.1 Å². The van der Waals surface area contributed by atoms with E-state index in [0.717, 1.165) is 12.1 Å². The van der Waals surface area contributed by atoms with Crippen molar-refractivity contribution in [1.29, 1.82) is 0 Å². The van der Waals surface area contributed by atoms with Gasteiger partial charge in [-0.1, -0.05) is 18.2 Å². The van der Waals surface area contributed by atoms with Crippen molar-refractivity contribution in [2.75, 3.05) is 11.9 Å². The Balaban J connectivity index is 1.97. The van der Waals surface area contributed by atoms with E-state index in [1.807, 2.05) is 0 Å². The second-order valence-corrected chi connectivity index (χ2v) is 4.71. The van der Waals surface area contributed by atoms with Crippen LogP contribution in [0.4, 0.5) is 23.2 Å². The van der Waals surface area contributed by atoms with Crippen molar-refractivity contribution in [3.63, 3.8) is 0 Å². The number of fused-ring (bicyclic) bond motifs is 1. The summed E-state index contributed by atoms with van der Waals surface area (Å²) in [5, 5.41) is 2.96. The van der Waals surface area contributed by atoms with Gasteiger partial charge in [-0.3, -0.25) is 0 Å². The van der Waals surface area contributed by atoms with Gasteiger partial charge in [0.2, 0.25) is 0 Å². The van der Waals surface area contributed by atoms with Crippen LogP contribution in [0.3, 0.4) is 0 Å². The molecule has 0 spiro atoms. The summed E-state index contributed by atoms with van der Waals surface area (Å²) in [6.07, 6.45) is -5.28. The molecule has 0 aliphatic carbocycles. The molecule has 6 heteroatoms. The quantitative estimate of drug-likeness (QED) is 0.788. The summed E-state index contributed by atoms with van der Waals surface area (Å²) in [5.41, 5.74) is -0.138. The normalized spacial score (nSPS) is 17.6. The van der Waals surface area contributed by atoms with Crippen LogP contribution in [0.2, 0.25) is 0 Å². The van der Waals surface area contributed by atoms with E-state index in [1.54, 1.807) is 0 Å². The molecule has 1 unspecified atom stereocenters. The van der Waals surface area contributed by atoms with Crippen LogP contribution in [0.5, 0.6) is 5.75 Å². The first kappa shape index (κ1) is 13.7. The number of nitrogens with one attached hydrogen (secondary N) is 1. The molecule has 0 bridgehead atoms. The first-order valence-corrected chi connectivity index (χ1v) is 6.31. The maximum atomic E-state index is 13.2. The number of halogens is 4. The van der Waals surface area contributed by atoms with Crippen molar-refractivity contribution in [3.8, 4) is 5.75 Å². The summed E-state index contributed by atoms with van der Waals surface area (Å²) in [6, 6.07) is 9.16. The molecule has 0 saturated carbocycles. The Morgan fingerprint density at radius 1 is 1.10 bits per heavy atom. The summed E-state index contributed by atoms with van der Waals surface area (Å²) < 4.78 is 57.8. The Kier molecular flexibility index (Phi) is 3.23. The minimum absolute atomic E-state index is 0.0346. The highest BCUT2D eigenvalue weighted by Gasteiger charge is 2.36. The van der Waals surface area contributed by atoms with Crippen LogP contribution in [-0.2, 0) is 6.18 Å². The van der Waals surface area contributed by atoms with Gasteiger partial charge in [0, 0.05) is 11.6 Å². The molecule has 2 nitrogen and oxygen atoms in total. The minimum atomic E-state index is -4.46. The Bertz CT molecular complexity index is 669. The number of alkyl halides is 3. The van der Waals surface area contributed by atoms with Crippen LogP contribution in [0.1, 0.15) is 17.2 Å². The maximum Gasteiger partial charge on any atom is 0.416 e. The number of benzene rings is 2. The number of rotatable bonds is 1. The van der Waals surface area contributed by atoms with Crippen molar-refractivity contribution in [1.82, 2.24) is 0 Å². The molecule has 21 heavy (non-hydrogen) atoms. The molecule has 0 fully saturated rings. The number of hydrogen-bond acceptors (Lipinski definition) is 2. The molecule has 1 aliphatic heterocycles. The predicted octanol–water partition coefficient (Wildman–Crippen LogP) is 4.39. The number of hydrogen-bond donors (Lipinski definition) is 1. The molecule has 110 valence electrons. The monoisotopic (exact) mass is 297 g/mol. The highest BCUT2D eigenvalue weighted by atomic mass is 19.4.